The summed E-state index contributed by atoms with van der Waals surface area (Å²) in [6.07, 6.45) is -1.02. The number of amides is 2. The summed E-state index contributed by atoms with van der Waals surface area (Å²) >= 11 is 6.18. The molecule has 10 nitrogen and oxygen atoms in total. The van der Waals surface area contributed by atoms with E-state index in [0.717, 1.165) is 5.69 Å². The van der Waals surface area contributed by atoms with Crippen molar-refractivity contribution in [3.63, 3.8) is 0 Å². The average Bonchev–Trinajstić information content (AvgIpc) is 3.42. The number of fused-ring (bicyclic) bond motifs is 1. The first-order valence-corrected chi connectivity index (χ1v) is 11.2. The minimum Gasteiger partial charge on any atom is -0.497 e. The highest BCUT2D eigenvalue weighted by Crippen LogP contribution is 2.29. The number of aromatic nitrogens is 2. The molecule has 3 unspecified atom stereocenters. The second kappa shape index (κ2) is 8.98. The molecule has 2 saturated heterocycles. The van der Waals surface area contributed by atoms with E-state index in [4.69, 9.17) is 16.3 Å². The van der Waals surface area contributed by atoms with Gasteiger partial charge in [0.2, 0.25) is 5.91 Å². The van der Waals surface area contributed by atoms with Gasteiger partial charge >= 0.3 is 0 Å². The summed E-state index contributed by atoms with van der Waals surface area (Å²) in [5.41, 5.74) is 5.24. The lowest BCUT2D eigenvalue weighted by atomic mass is 10.0. The van der Waals surface area contributed by atoms with Crippen LogP contribution >= 0.6 is 11.6 Å². The molecule has 3 atom stereocenters. The molecule has 0 saturated carbocycles. The predicted octanol–water partition coefficient (Wildman–Crippen LogP) is 2.25. The van der Waals surface area contributed by atoms with Crippen LogP contribution in [-0.4, -0.2) is 41.4 Å². The van der Waals surface area contributed by atoms with Crippen LogP contribution in [-0.2, 0) is 4.79 Å². The fourth-order valence-electron chi connectivity index (χ4n) is 4.23. The summed E-state index contributed by atoms with van der Waals surface area (Å²) in [4.78, 5) is 25.8. The van der Waals surface area contributed by atoms with Crippen molar-refractivity contribution in [1.82, 2.24) is 25.8 Å². The molecule has 2 aromatic carbocycles. The van der Waals surface area contributed by atoms with Crippen molar-refractivity contribution in [3.05, 3.63) is 70.9 Å². The van der Waals surface area contributed by atoms with Crippen LogP contribution in [0.25, 0.3) is 0 Å². The summed E-state index contributed by atoms with van der Waals surface area (Å²) in [6.45, 7) is 2.29. The first-order chi connectivity index (χ1) is 16.4. The topological polar surface area (TPSA) is 113 Å². The molecule has 3 aromatic rings. The first-order valence-electron chi connectivity index (χ1n) is 10.8. The zero-order chi connectivity index (χ0) is 23.8. The molecule has 2 amide bonds. The van der Waals surface area contributed by atoms with E-state index in [2.05, 4.69) is 26.5 Å². The van der Waals surface area contributed by atoms with Gasteiger partial charge in [-0.1, -0.05) is 23.7 Å². The molecule has 0 aliphatic carbocycles. The number of methoxy groups -OCH3 is 1. The van der Waals surface area contributed by atoms with Crippen LogP contribution in [0.15, 0.2) is 54.6 Å². The van der Waals surface area contributed by atoms with Gasteiger partial charge in [0.05, 0.1) is 24.4 Å². The summed E-state index contributed by atoms with van der Waals surface area (Å²) in [5, 5.41) is 16.3. The highest BCUT2D eigenvalue weighted by atomic mass is 35.5. The Morgan fingerprint density at radius 3 is 2.82 bits per heavy atom. The van der Waals surface area contributed by atoms with Gasteiger partial charge in [0.25, 0.3) is 5.91 Å². The van der Waals surface area contributed by atoms with Gasteiger partial charge in [-0.2, -0.15) is 5.10 Å². The maximum atomic E-state index is 12.9. The van der Waals surface area contributed by atoms with Crippen LogP contribution in [0.2, 0.25) is 5.02 Å². The van der Waals surface area contributed by atoms with Gasteiger partial charge in [0.15, 0.2) is 6.29 Å². The third-order valence-corrected chi connectivity index (χ3v) is 6.08. The van der Waals surface area contributed by atoms with Crippen LogP contribution in [0.1, 0.15) is 22.3 Å². The van der Waals surface area contributed by atoms with Crippen molar-refractivity contribution >= 4 is 34.9 Å². The minimum absolute atomic E-state index is 0.121. The number of carbonyl (C=O) groups is 2. The second-order valence-corrected chi connectivity index (χ2v) is 8.58. The van der Waals surface area contributed by atoms with Crippen LogP contribution in [0, 0.1) is 12.8 Å². The van der Waals surface area contributed by atoms with E-state index in [1.165, 1.54) is 0 Å². The zero-order valence-corrected chi connectivity index (χ0v) is 19.3. The highest BCUT2D eigenvalue weighted by molar-refractivity contribution is 6.30. The first kappa shape index (κ1) is 22.2. The van der Waals surface area contributed by atoms with E-state index in [0.29, 0.717) is 34.4 Å². The van der Waals surface area contributed by atoms with Crippen LogP contribution < -0.4 is 31.1 Å². The molecule has 5 rings (SSSR count). The maximum absolute atomic E-state index is 12.9. The Morgan fingerprint density at radius 2 is 2.03 bits per heavy atom. The van der Waals surface area contributed by atoms with Crippen molar-refractivity contribution < 1.29 is 14.3 Å². The molecule has 0 spiro atoms. The van der Waals surface area contributed by atoms with Crippen molar-refractivity contribution in [2.75, 3.05) is 24.0 Å². The smallest absolute Gasteiger partial charge is 0.256 e. The molecular weight excluding hydrogens is 458 g/mol. The molecule has 176 valence electrons. The molecule has 0 radical (unpaired) electrons. The Labute approximate surface area is 201 Å². The highest BCUT2D eigenvalue weighted by Gasteiger charge is 2.45. The average molecular weight is 482 g/mol. The molecule has 1 aromatic heterocycles. The van der Waals surface area contributed by atoms with Gasteiger partial charge in [0.1, 0.15) is 17.7 Å². The maximum Gasteiger partial charge on any atom is 0.256 e. The molecule has 2 aliphatic heterocycles. The van der Waals surface area contributed by atoms with Crippen LogP contribution in [0.5, 0.6) is 5.75 Å². The van der Waals surface area contributed by atoms with E-state index < -0.39 is 6.29 Å². The van der Waals surface area contributed by atoms with Gasteiger partial charge in [-0.15, -0.1) is 0 Å². The normalized spacial score (nSPS) is 21.7. The van der Waals surface area contributed by atoms with Gasteiger partial charge < -0.3 is 15.4 Å². The van der Waals surface area contributed by atoms with E-state index in [9.17, 15) is 9.59 Å². The lowest BCUT2D eigenvalue weighted by Gasteiger charge is -2.37. The molecular formula is C23H24ClN7O3. The van der Waals surface area contributed by atoms with E-state index in [-0.39, 0.29) is 23.9 Å². The van der Waals surface area contributed by atoms with Gasteiger partial charge in [-0.3, -0.25) is 19.9 Å². The van der Waals surface area contributed by atoms with E-state index in [1.807, 2.05) is 30.1 Å². The number of hydrogen-bond acceptors (Lipinski definition) is 7. The molecule has 34 heavy (non-hydrogen) atoms. The van der Waals surface area contributed by atoms with E-state index in [1.54, 1.807) is 48.2 Å². The quantitative estimate of drug-likeness (QED) is 0.442. The number of aryl methyl sites for hydroxylation is 1. The standard InChI is InChI=1S/C23H24ClN7O3/c1-13-9-19(26-21(32)14-5-3-8-17(10-14)34-2)31(29-13)23-27-20-18(22(33)28-23)12-25-30(20)16-7-4-6-15(24)11-16/h3-11,18,20,23,25,27H,12H2,1-2H3,(H,26,32)(H,28,33). The molecule has 11 heteroatoms. The Hall–Kier alpha value is -3.60. The number of hydrogen-bond donors (Lipinski definition) is 4. The molecule has 4 N–H and O–H groups in total. The number of halogens is 1. The number of hydrazine groups is 1. The number of nitrogens with one attached hydrogen (secondary N) is 4. The summed E-state index contributed by atoms with van der Waals surface area (Å²) in [6, 6.07) is 16.0. The number of rotatable bonds is 5. The van der Waals surface area contributed by atoms with E-state index >= 15 is 0 Å². The largest absolute Gasteiger partial charge is 0.497 e. The molecule has 2 aliphatic rings. The lowest BCUT2D eigenvalue weighted by Crippen LogP contribution is -2.61. The summed E-state index contributed by atoms with van der Waals surface area (Å²) < 4.78 is 6.78. The van der Waals surface area contributed by atoms with Crippen LogP contribution in [0.3, 0.4) is 0 Å². The lowest BCUT2D eigenvalue weighted by molar-refractivity contribution is -0.129. The number of benzene rings is 2. The third kappa shape index (κ3) is 4.18. The van der Waals surface area contributed by atoms with Crippen molar-refractivity contribution in [2.45, 2.75) is 19.4 Å². The molecule has 3 heterocycles. The SMILES string of the molecule is COc1cccc(C(=O)Nc2cc(C)nn2C2NC(=O)C3CNN(c4cccc(Cl)c4)C3N2)c1. The third-order valence-electron chi connectivity index (χ3n) is 5.85. The fraction of sp³-hybridized carbons (Fsp3) is 0.261. The Morgan fingerprint density at radius 1 is 1.21 bits per heavy atom. The van der Waals surface area contributed by atoms with Crippen molar-refractivity contribution in [1.29, 1.82) is 0 Å². The minimum atomic E-state index is -0.676. The molecule has 2 fully saturated rings. The fourth-order valence-corrected chi connectivity index (χ4v) is 4.41. The monoisotopic (exact) mass is 481 g/mol. The Balaban J connectivity index is 1.40. The second-order valence-electron chi connectivity index (χ2n) is 8.14. The summed E-state index contributed by atoms with van der Waals surface area (Å²) in [7, 11) is 1.55. The van der Waals surface area contributed by atoms with Crippen LogP contribution in [0.4, 0.5) is 11.5 Å². The number of nitrogens with zero attached hydrogens (tertiary/aromatic N) is 3. The Kier molecular flexibility index (Phi) is 5.86. The van der Waals surface area contributed by atoms with Gasteiger partial charge in [0, 0.05) is 23.2 Å². The molecule has 0 bridgehead atoms. The predicted molar refractivity (Wildman–Crippen MR) is 127 cm³/mol. The summed E-state index contributed by atoms with van der Waals surface area (Å²) in [5.74, 6) is 0.273. The zero-order valence-electron chi connectivity index (χ0n) is 18.6. The number of anilines is 2. The Bertz CT molecular complexity index is 1250. The van der Waals surface area contributed by atoms with Gasteiger partial charge in [-0.05, 0) is 43.3 Å². The number of ether oxygens (including phenoxy) is 1. The van der Waals surface area contributed by atoms with Crippen molar-refractivity contribution in [2.24, 2.45) is 5.92 Å². The number of carbonyl (C=O) groups excluding carboxylic acids is 2. The van der Waals surface area contributed by atoms with Crippen molar-refractivity contribution in [3.8, 4) is 5.75 Å². The van der Waals surface area contributed by atoms with Gasteiger partial charge in [-0.25, -0.2) is 10.1 Å².